The molecule has 0 radical (unpaired) electrons. The van der Waals surface area contributed by atoms with E-state index in [4.69, 9.17) is 4.74 Å². The predicted molar refractivity (Wildman–Crippen MR) is 154 cm³/mol. The lowest BCUT2D eigenvalue weighted by Gasteiger charge is -2.61. The Balaban J connectivity index is 1.54. The number of hydrogen-bond donors (Lipinski definition) is 2. The summed E-state index contributed by atoms with van der Waals surface area (Å²) in [5.41, 5.74) is 5.32. The maximum absolute atomic E-state index is 13.3. The van der Waals surface area contributed by atoms with Gasteiger partial charge in [0, 0.05) is 12.1 Å². The van der Waals surface area contributed by atoms with Gasteiger partial charge in [0.15, 0.2) is 0 Å². The third kappa shape index (κ3) is 5.53. The topological polar surface area (TPSA) is 50.4 Å². The molecule has 0 aromatic heterocycles. The van der Waals surface area contributed by atoms with Gasteiger partial charge in [-0.05, 0) is 115 Å². The lowest BCUT2D eigenvalue weighted by Crippen LogP contribution is -2.55. The highest BCUT2D eigenvalue weighted by atomic mass is 16.5. The maximum atomic E-state index is 13.3. The smallest absolute Gasteiger partial charge is 0.328 e. The molecule has 1 unspecified atom stereocenters. The van der Waals surface area contributed by atoms with Crippen LogP contribution < -0.4 is 15.4 Å². The van der Waals surface area contributed by atoms with Gasteiger partial charge in [-0.1, -0.05) is 61.8 Å². The Hall–Kier alpha value is -1.39. The molecule has 0 heterocycles. The molecule has 3 aliphatic rings. The summed E-state index contributed by atoms with van der Waals surface area (Å²) in [6.07, 6.45) is 9.51. The Bertz CT molecular complexity index is 983. The zero-order valence-corrected chi connectivity index (χ0v) is 25.2. The second-order valence-corrected chi connectivity index (χ2v) is 14.4. The van der Waals surface area contributed by atoms with Gasteiger partial charge in [-0.3, -0.25) is 0 Å². The molecule has 2 fully saturated rings. The predicted octanol–water partition coefficient (Wildman–Crippen LogP) is 7.10. The van der Waals surface area contributed by atoms with Crippen molar-refractivity contribution < 1.29 is 9.53 Å². The van der Waals surface area contributed by atoms with Crippen LogP contribution in [0.2, 0.25) is 0 Å². The summed E-state index contributed by atoms with van der Waals surface area (Å²) in [5.74, 6) is 2.04. The number of nitrogens with one attached hydrogen (secondary N) is 2. The highest BCUT2D eigenvalue weighted by Crippen LogP contribution is 2.67. The molecule has 2 saturated carbocycles. The maximum Gasteiger partial charge on any atom is 0.328 e. The third-order valence-electron chi connectivity index (χ3n) is 10.4. The molecule has 1 aromatic rings. The van der Waals surface area contributed by atoms with Gasteiger partial charge >= 0.3 is 5.97 Å². The highest BCUT2D eigenvalue weighted by Gasteiger charge is 2.61. The largest absolute Gasteiger partial charge is 0.425 e. The molecule has 2 N–H and O–H groups in total. The Morgan fingerprint density at radius 3 is 2.43 bits per heavy atom. The zero-order chi connectivity index (χ0) is 27.2. The van der Waals surface area contributed by atoms with Crippen LogP contribution in [-0.4, -0.2) is 30.6 Å². The van der Waals surface area contributed by atoms with Gasteiger partial charge in [0.1, 0.15) is 11.8 Å². The lowest BCUT2D eigenvalue weighted by atomic mass is 9.43. The van der Waals surface area contributed by atoms with Crippen LogP contribution >= 0.6 is 0 Å². The van der Waals surface area contributed by atoms with Crippen LogP contribution in [0.25, 0.3) is 0 Å². The van der Waals surface area contributed by atoms with E-state index in [2.05, 4.69) is 85.1 Å². The molecule has 37 heavy (non-hydrogen) atoms. The van der Waals surface area contributed by atoms with E-state index in [9.17, 15) is 4.79 Å². The summed E-state index contributed by atoms with van der Waals surface area (Å²) in [6, 6.07) is 4.75. The monoisotopic (exact) mass is 510 g/mol. The van der Waals surface area contributed by atoms with Crippen molar-refractivity contribution in [3.05, 3.63) is 28.8 Å². The van der Waals surface area contributed by atoms with Crippen molar-refractivity contribution in [2.45, 2.75) is 137 Å². The van der Waals surface area contributed by atoms with Gasteiger partial charge in [0.2, 0.25) is 0 Å². The minimum Gasteiger partial charge on any atom is -0.425 e. The van der Waals surface area contributed by atoms with Crippen LogP contribution in [0, 0.1) is 29.6 Å². The highest BCUT2D eigenvalue weighted by molar-refractivity contribution is 5.78. The lowest BCUT2D eigenvalue weighted by molar-refractivity contribution is -0.137. The van der Waals surface area contributed by atoms with Crippen LogP contribution in [0.1, 0.15) is 117 Å². The molecular weight excluding hydrogens is 456 g/mol. The van der Waals surface area contributed by atoms with Crippen molar-refractivity contribution in [3.63, 3.8) is 0 Å². The summed E-state index contributed by atoms with van der Waals surface area (Å²) in [6.45, 7) is 21.8. The molecule has 4 rings (SSSR count). The Labute approximate surface area is 227 Å². The zero-order valence-electron chi connectivity index (χ0n) is 25.2. The van der Waals surface area contributed by atoms with Crippen LogP contribution in [0.15, 0.2) is 12.1 Å². The Morgan fingerprint density at radius 1 is 1.03 bits per heavy atom. The molecule has 0 aliphatic heterocycles. The minimum absolute atomic E-state index is 0.153. The number of rotatable bonds is 9. The van der Waals surface area contributed by atoms with E-state index >= 15 is 0 Å². The average molecular weight is 511 g/mol. The fourth-order valence-corrected chi connectivity index (χ4v) is 9.04. The van der Waals surface area contributed by atoms with Crippen molar-refractivity contribution in [2.24, 2.45) is 22.7 Å². The number of fused-ring (bicyclic) bond motifs is 5. The van der Waals surface area contributed by atoms with E-state index in [1.54, 1.807) is 5.56 Å². The van der Waals surface area contributed by atoms with E-state index in [1.165, 1.54) is 43.2 Å². The number of carbonyl (C=O) groups is 1. The van der Waals surface area contributed by atoms with Crippen molar-refractivity contribution in [3.8, 4) is 5.75 Å². The number of carbonyl (C=O) groups excluding carboxylic acids is 1. The quantitative estimate of drug-likeness (QED) is 0.211. The Kier molecular flexibility index (Phi) is 8.23. The average Bonchev–Trinajstić information content (AvgIpc) is 3.08. The summed E-state index contributed by atoms with van der Waals surface area (Å²) < 4.78 is 6.09. The molecular formula is C33H54N2O2. The molecule has 0 spiro atoms. The SMILES string of the molecule is Cc1cc(OC(=O)C(CCCNC(C)C)NC(C)C)cc2c1[C@]1(C)CC[C@H]3C(C)(C)CCC[C@]3(C)[C@H]1C2. The minimum atomic E-state index is -0.285. The number of benzene rings is 1. The normalized spacial score (nSPS) is 31.1. The molecule has 4 nitrogen and oxygen atoms in total. The van der Waals surface area contributed by atoms with E-state index < -0.39 is 0 Å². The second kappa shape index (κ2) is 10.6. The molecule has 3 aliphatic carbocycles. The third-order valence-corrected chi connectivity index (χ3v) is 10.4. The summed E-state index contributed by atoms with van der Waals surface area (Å²) >= 11 is 0. The number of esters is 1. The molecule has 208 valence electrons. The molecule has 0 saturated heterocycles. The Morgan fingerprint density at radius 2 is 1.76 bits per heavy atom. The second-order valence-electron chi connectivity index (χ2n) is 14.4. The van der Waals surface area contributed by atoms with Crippen LogP contribution in [0.4, 0.5) is 0 Å². The van der Waals surface area contributed by atoms with Crippen LogP contribution in [-0.2, 0) is 16.6 Å². The van der Waals surface area contributed by atoms with Gasteiger partial charge < -0.3 is 15.4 Å². The molecule has 4 heteroatoms. The first-order valence-electron chi connectivity index (χ1n) is 15.1. The van der Waals surface area contributed by atoms with Gasteiger partial charge in [-0.25, -0.2) is 4.79 Å². The summed E-state index contributed by atoms with van der Waals surface area (Å²) in [7, 11) is 0. The summed E-state index contributed by atoms with van der Waals surface area (Å²) in [4.78, 5) is 13.3. The van der Waals surface area contributed by atoms with Gasteiger partial charge in [-0.2, -0.15) is 0 Å². The van der Waals surface area contributed by atoms with E-state index in [0.29, 0.717) is 22.8 Å². The first-order chi connectivity index (χ1) is 17.3. The van der Waals surface area contributed by atoms with Crippen LogP contribution in [0.3, 0.4) is 0 Å². The summed E-state index contributed by atoms with van der Waals surface area (Å²) in [5, 5.41) is 6.90. The van der Waals surface area contributed by atoms with Crippen molar-refractivity contribution in [1.29, 1.82) is 0 Å². The first-order valence-corrected chi connectivity index (χ1v) is 15.1. The molecule has 1 aromatic carbocycles. The van der Waals surface area contributed by atoms with E-state index in [0.717, 1.165) is 37.5 Å². The van der Waals surface area contributed by atoms with Gasteiger partial charge in [0.05, 0.1) is 0 Å². The molecule has 5 atom stereocenters. The van der Waals surface area contributed by atoms with Crippen molar-refractivity contribution in [2.75, 3.05) is 6.54 Å². The van der Waals surface area contributed by atoms with Crippen molar-refractivity contribution in [1.82, 2.24) is 10.6 Å². The van der Waals surface area contributed by atoms with E-state index in [-0.39, 0.29) is 23.5 Å². The van der Waals surface area contributed by atoms with Gasteiger partial charge in [0.25, 0.3) is 0 Å². The first kappa shape index (κ1) is 28.6. The van der Waals surface area contributed by atoms with Crippen LogP contribution in [0.5, 0.6) is 5.75 Å². The van der Waals surface area contributed by atoms with E-state index in [1.807, 2.05) is 0 Å². The van der Waals surface area contributed by atoms with Crippen molar-refractivity contribution >= 4 is 5.97 Å². The number of hydrogen-bond acceptors (Lipinski definition) is 4. The fourth-order valence-electron chi connectivity index (χ4n) is 9.04. The standard InChI is InChI=1S/C33H54N2O2/c1-21(2)34-17-10-12-26(35-22(3)4)30(36)37-25-18-23(5)29-24(19-25)20-28-32(8)15-11-14-31(6,7)27(32)13-16-33(28,29)9/h18-19,21-22,26-28,34-35H,10-17,20H2,1-9H3/t26?,27-,28+,32-,33+/m0/s1. The van der Waals surface area contributed by atoms with Gasteiger partial charge in [-0.15, -0.1) is 0 Å². The fraction of sp³-hybridized carbons (Fsp3) is 0.788. The number of ether oxygens (including phenoxy) is 1. The molecule has 0 bridgehead atoms. The molecule has 0 amide bonds. The number of aryl methyl sites for hydroxylation is 1.